The first-order valence-corrected chi connectivity index (χ1v) is 9.56. The highest BCUT2D eigenvalue weighted by molar-refractivity contribution is 7.15. The molecule has 0 saturated carbocycles. The van der Waals surface area contributed by atoms with E-state index in [2.05, 4.69) is 22.5 Å². The van der Waals surface area contributed by atoms with Gasteiger partial charge >= 0.3 is 0 Å². The minimum absolute atomic E-state index is 0.0431. The maximum atomic E-state index is 12.5. The van der Waals surface area contributed by atoms with E-state index >= 15 is 0 Å². The second-order valence-corrected chi connectivity index (χ2v) is 7.49. The Kier molecular flexibility index (Phi) is 5.48. The van der Waals surface area contributed by atoms with Crippen LogP contribution in [0.1, 0.15) is 60.0 Å². The molecule has 3 rings (SSSR count). The molecule has 25 heavy (non-hydrogen) atoms. The lowest BCUT2D eigenvalue weighted by Crippen LogP contribution is -2.37. The Bertz CT molecular complexity index is 757. The summed E-state index contributed by atoms with van der Waals surface area (Å²) < 4.78 is 0. The van der Waals surface area contributed by atoms with E-state index in [1.807, 2.05) is 25.1 Å². The van der Waals surface area contributed by atoms with Crippen molar-refractivity contribution in [3.05, 3.63) is 46.5 Å². The van der Waals surface area contributed by atoms with E-state index in [1.165, 1.54) is 11.3 Å². The average Bonchev–Trinajstić information content (AvgIpc) is 3.04. The number of fused-ring (bicyclic) bond motifs is 1. The number of benzene rings is 1. The van der Waals surface area contributed by atoms with E-state index in [9.17, 15) is 9.59 Å². The molecule has 2 N–H and O–H groups in total. The number of hydrogen-bond donors (Lipinski definition) is 2. The molecule has 1 aliphatic rings. The number of rotatable bonds is 5. The molecule has 2 atom stereocenters. The summed E-state index contributed by atoms with van der Waals surface area (Å²) in [7, 11) is 0. The molecule has 6 heteroatoms. The highest BCUT2D eigenvalue weighted by Gasteiger charge is 2.31. The van der Waals surface area contributed by atoms with Crippen LogP contribution in [0.4, 0.5) is 5.13 Å². The van der Waals surface area contributed by atoms with Crippen molar-refractivity contribution in [2.75, 3.05) is 5.32 Å². The topological polar surface area (TPSA) is 71.1 Å². The Labute approximate surface area is 151 Å². The van der Waals surface area contributed by atoms with E-state index in [0.717, 1.165) is 36.3 Å². The highest BCUT2D eigenvalue weighted by atomic mass is 32.1. The number of aromatic nitrogens is 1. The average molecular weight is 357 g/mol. The molecule has 0 spiro atoms. The molecule has 0 aliphatic heterocycles. The molecule has 5 nitrogen and oxygen atoms in total. The second-order valence-electron chi connectivity index (χ2n) is 6.41. The normalized spacial score (nSPS) is 17.4. The molecule has 0 fully saturated rings. The van der Waals surface area contributed by atoms with Gasteiger partial charge in [0.25, 0.3) is 5.91 Å². The van der Waals surface area contributed by atoms with Crippen molar-refractivity contribution in [2.45, 2.75) is 51.5 Å². The zero-order chi connectivity index (χ0) is 17.8. The predicted octanol–water partition coefficient (Wildman–Crippen LogP) is 3.73. The summed E-state index contributed by atoms with van der Waals surface area (Å²) in [6, 6.07) is 9.23. The molecular formula is C19H23N3O2S. The quantitative estimate of drug-likeness (QED) is 0.856. The third kappa shape index (κ3) is 4.07. The van der Waals surface area contributed by atoms with Crippen molar-refractivity contribution < 1.29 is 9.59 Å². The number of anilines is 1. The smallest absolute Gasteiger partial charge is 0.257 e. The zero-order valence-corrected chi connectivity index (χ0v) is 15.4. The summed E-state index contributed by atoms with van der Waals surface area (Å²) in [6.07, 6.45) is 3.60. The van der Waals surface area contributed by atoms with Crippen molar-refractivity contribution in [2.24, 2.45) is 0 Å². The van der Waals surface area contributed by atoms with Crippen LogP contribution in [-0.2, 0) is 11.2 Å². The number of thiazole rings is 1. The first kappa shape index (κ1) is 17.6. The third-order valence-electron chi connectivity index (χ3n) is 4.53. The fraction of sp³-hybridized carbons (Fsp3) is 0.421. The van der Waals surface area contributed by atoms with Gasteiger partial charge in [-0.05, 0) is 44.7 Å². The highest BCUT2D eigenvalue weighted by Crippen LogP contribution is 2.37. The van der Waals surface area contributed by atoms with Crippen LogP contribution in [0.5, 0.6) is 0 Å². The summed E-state index contributed by atoms with van der Waals surface area (Å²) in [5, 5.41) is 6.49. The van der Waals surface area contributed by atoms with Gasteiger partial charge in [-0.2, -0.15) is 0 Å². The van der Waals surface area contributed by atoms with Gasteiger partial charge in [-0.15, -0.1) is 11.3 Å². The number of aryl methyl sites for hydroxylation is 1. The Morgan fingerprint density at radius 1 is 1.32 bits per heavy atom. The van der Waals surface area contributed by atoms with Crippen molar-refractivity contribution in [1.29, 1.82) is 0 Å². The molecule has 0 radical (unpaired) electrons. The molecule has 1 aliphatic carbocycles. The largest absolute Gasteiger partial charge is 0.353 e. The number of carbonyl (C=O) groups is 2. The van der Waals surface area contributed by atoms with Gasteiger partial charge in [0.15, 0.2) is 5.13 Å². The zero-order valence-electron chi connectivity index (χ0n) is 14.5. The van der Waals surface area contributed by atoms with Crippen LogP contribution in [-0.4, -0.2) is 22.8 Å². The van der Waals surface area contributed by atoms with Gasteiger partial charge in [0, 0.05) is 16.5 Å². The van der Waals surface area contributed by atoms with Crippen molar-refractivity contribution in [1.82, 2.24) is 10.3 Å². The second kappa shape index (κ2) is 7.78. The lowest BCUT2D eigenvalue weighted by atomic mass is 9.90. The minimum atomic E-state index is -0.212. The Morgan fingerprint density at radius 3 is 2.80 bits per heavy atom. The molecular weight excluding hydrogens is 334 g/mol. The lowest BCUT2D eigenvalue weighted by Gasteiger charge is -2.22. The molecule has 1 aromatic heterocycles. The van der Waals surface area contributed by atoms with Crippen LogP contribution in [0.15, 0.2) is 30.3 Å². The number of nitrogens with one attached hydrogen (secondary N) is 2. The van der Waals surface area contributed by atoms with E-state index in [4.69, 9.17) is 0 Å². The fourth-order valence-corrected chi connectivity index (χ4v) is 3.99. The molecule has 1 aromatic carbocycles. The van der Waals surface area contributed by atoms with Crippen molar-refractivity contribution >= 4 is 28.3 Å². The summed E-state index contributed by atoms with van der Waals surface area (Å²) in [6.45, 7) is 4.06. The van der Waals surface area contributed by atoms with Gasteiger partial charge in [0.2, 0.25) is 5.91 Å². The van der Waals surface area contributed by atoms with E-state index in [-0.39, 0.29) is 23.8 Å². The lowest BCUT2D eigenvalue weighted by molar-refractivity contribution is -0.123. The molecule has 0 saturated heterocycles. The van der Waals surface area contributed by atoms with Crippen LogP contribution in [0.3, 0.4) is 0 Å². The monoisotopic (exact) mass is 357 g/mol. The van der Waals surface area contributed by atoms with Crippen LogP contribution in [0.25, 0.3) is 0 Å². The van der Waals surface area contributed by atoms with Gasteiger partial charge in [-0.25, -0.2) is 4.98 Å². The molecule has 0 bridgehead atoms. The van der Waals surface area contributed by atoms with Gasteiger partial charge in [0.1, 0.15) is 0 Å². The van der Waals surface area contributed by atoms with Gasteiger partial charge < -0.3 is 5.32 Å². The minimum Gasteiger partial charge on any atom is -0.353 e. The maximum absolute atomic E-state index is 12.5. The summed E-state index contributed by atoms with van der Waals surface area (Å²) >= 11 is 1.48. The number of nitrogens with zero attached hydrogens (tertiary/aromatic N) is 1. The fourth-order valence-electron chi connectivity index (χ4n) is 2.93. The summed E-state index contributed by atoms with van der Waals surface area (Å²) in [5.74, 6) is -0.342. The SMILES string of the molecule is CCC(C)NC(=O)C1CCCc2sc(NC(=O)c3ccccc3)nc21. The van der Waals surface area contributed by atoms with Crippen molar-refractivity contribution in [3.8, 4) is 0 Å². The third-order valence-corrected chi connectivity index (χ3v) is 5.57. The first-order valence-electron chi connectivity index (χ1n) is 8.74. The number of carbonyl (C=O) groups excluding carboxylic acids is 2. The van der Waals surface area contributed by atoms with Crippen LogP contribution < -0.4 is 10.6 Å². The van der Waals surface area contributed by atoms with Crippen LogP contribution in [0, 0.1) is 0 Å². The molecule has 2 unspecified atom stereocenters. The predicted molar refractivity (Wildman–Crippen MR) is 100 cm³/mol. The molecule has 1 heterocycles. The van der Waals surface area contributed by atoms with Gasteiger partial charge in [-0.1, -0.05) is 25.1 Å². The van der Waals surface area contributed by atoms with E-state index in [1.54, 1.807) is 12.1 Å². The maximum Gasteiger partial charge on any atom is 0.257 e. The number of hydrogen-bond acceptors (Lipinski definition) is 4. The Morgan fingerprint density at radius 2 is 2.08 bits per heavy atom. The first-order chi connectivity index (χ1) is 12.1. The van der Waals surface area contributed by atoms with Gasteiger partial charge in [-0.3, -0.25) is 14.9 Å². The van der Waals surface area contributed by atoms with E-state index < -0.39 is 0 Å². The van der Waals surface area contributed by atoms with Crippen LogP contribution in [0.2, 0.25) is 0 Å². The van der Waals surface area contributed by atoms with E-state index in [0.29, 0.717) is 10.7 Å². The van der Waals surface area contributed by atoms with Crippen molar-refractivity contribution in [3.63, 3.8) is 0 Å². The Hall–Kier alpha value is -2.21. The Balaban J connectivity index is 1.75. The standard InChI is InChI=1S/C19H23N3O2S/c1-3-12(2)20-18(24)14-10-7-11-15-16(14)21-19(25-15)22-17(23)13-8-5-4-6-9-13/h4-6,8-9,12,14H,3,7,10-11H2,1-2H3,(H,20,24)(H,21,22,23). The molecule has 2 aromatic rings. The molecule has 132 valence electrons. The molecule has 2 amide bonds. The number of amides is 2. The summed E-state index contributed by atoms with van der Waals surface area (Å²) in [5.41, 5.74) is 1.43. The van der Waals surface area contributed by atoms with Crippen LogP contribution >= 0.6 is 11.3 Å². The van der Waals surface area contributed by atoms with Gasteiger partial charge in [0.05, 0.1) is 11.6 Å². The summed E-state index contributed by atoms with van der Waals surface area (Å²) in [4.78, 5) is 30.5.